The zero-order valence-corrected chi connectivity index (χ0v) is 8.61. The van der Waals surface area contributed by atoms with Gasteiger partial charge >= 0.3 is 0 Å². The van der Waals surface area contributed by atoms with E-state index in [0.717, 1.165) is 16.7 Å². The topological polar surface area (TPSA) is 56.2 Å². The molecule has 0 amide bonds. The fraction of sp³-hybridized carbons (Fsp3) is 0.0909. The molecule has 4 nitrogen and oxygen atoms in total. The Labute approximate surface area is 90.5 Å². The van der Waals surface area contributed by atoms with Crippen molar-refractivity contribution < 1.29 is 4.39 Å². The van der Waals surface area contributed by atoms with Crippen LogP contribution in [0.25, 0.3) is 16.6 Å². The number of nitrogen functional groups attached to an aromatic ring is 1. The summed E-state index contributed by atoms with van der Waals surface area (Å²) in [5.74, 6) is 0.0451. The summed E-state index contributed by atoms with van der Waals surface area (Å²) in [5.41, 5.74) is 8.74. The van der Waals surface area contributed by atoms with Gasteiger partial charge in [0.1, 0.15) is 23.5 Å². The summed E-state index contributed by atoms with van der Waals surface area (Å²) in [4.78, 5) is 8.35. The van der Waals surface area contributed by atoms with E-state index in [1.807, 2.05) is 11.3 Å². The van der Waals surface area contributed by atoms with Gasteiger partial charge in [0, 0.05) is 6.07 Å². The van der Waals surface area contributed by atoms with Crippen molar-refractivity contribution in [2.24, 2.45) is 0 Å². The summed E-state index contributed by atoms with van der Waals surface area (Å²) in [6, 6.07) is 4.43. The molecule has 0 bridgehead atoms. The Hall–Kier alpha value is -2.17. The third-order valence-corrected chi connectivity index (χ3v) is 2.63. The predicted molar refractivity (Wildman–Crippen MR) is 59.6 cm³/mol. The van der Waals surface area contributed by atoms with Crippen LogP contribution in [-0.4, -0.2) is 14.4 Å². The molecule has 0 fully saturated rings. The van der Waals surface area contributed by atoms with Crippen molar-refractivity contribution in [2.45, 2.75) is 6.92 Å². The number of rotatable bonds is 0. The minimum Gasteiger partial charge on any atom is -0.382 e. The summed E-state index contributed by atoms with van der Waals surface area (Å²) >= 11 is 0. The molecule has 2 aromatic heterocycles. The zero-order chi connectivity index (χ0) is 11.3. The van der Waals surface area contributed by atoms with E-state index in [2.05, 4.69) is 9.97 Å². The summed E-state index contributed by atoms with van der Waals surface area (Å²) in [6.45, 7) is 1.86. The van der Waals surface area contributed by atoms with Crippen LogP contribution in [0, 0.1) is 12.7 Å². The molecule has 0 atom stereocenters. The van der Waals surface area contributed by atoms with Crippen molar-refractivity contribution in [3.8, 4) is 0 Å². The van der Waals surface area contributed by atoms with Gasteiger partial charge in [0.25, 0.3) is 0 Å². The van der Waals surface area contributed by atoms with Crippen LogP contribution in [0.1, 0.15) is 5.69 Å². The van der Waals surface area contributed by atoms with Gasteiger partial charge in [-0.05, 0) is 19.1 Å². The van der Waals surface area contributed by atoms with Crippen LogP contribution in [-0.2, 0) is 0 Å². The van der Waals surface area contributed by atoms with Crippen LogP contribution in [0.5, 0.6) is 0 Å². The Morgan fingerprint density at radius 2 is 2.19 bits per heavy atom. The molecule has 0 aliphatic rings. The zero-order valence-electron chi connectivity index (χ0n) is 8.61. The lowest BCUT2D eigenvalue weighted by atomic mass is 10.2. The molecule has 3 aromatic rings. The van der Waals surface area contributed by atoms with Crippen molar-refractivity contribution in [2.75, 3.05) is 5.73 Å². The number of fused-ring (bicyclic) bond motifs is 3. The van der Waals surface area contributed by atoms with Gasteiger partial charge in [0.05, 0.1) is 16.7 Å². The first-order valence-electron chi connectivity index (χ1n) is 4.85. The number of imidazole rings is 1. The smallest absolute Gasteiger partial charge is 0.150 e. The first-order chi connectivity index (χ1) is 7.66. The molecule has 2 N–H and O–H groups in total. The van der Waals surface area contributed by atoms with Gasteiger partial charge in [-0.1, -0.05) is 0 Å². The molecule has 3 rings (SSSR count). The van der Waals surface area contributed by atoms with Crippen molar-refractivity contribution >= 4 is 22.4 Å². The van der Waals surface area contributed by atoms with E-state index in [-0.39, 0.29) is 5.82 Å². The molecular formula is C11H9FN4. The Bertz CT molecular complexity index is 702. The number of benzene rings is 1. The van der Waals surface area contributed by atoms with E-state index in [9.17, 15) is 4.39 Å². The van der Waals surface area contributed by atoms with Gasteiger partial charge < -0.3 is 5.73 Å². The molecule has 1 aromatic carbocycles. The minimum absolute atomic E-state index is 0.324. The quantitative estimate of drug-likeness (QED) is 0.624. The number of nitrogens with zero attached hydrogens (tertiary/aromatic N) is 3. The fourth-order valence-corrected chi connectivity index (χ4v) is 1.90. The summed E-state index contributed by atoms with van der Waals surface area (Å²) in [6.07, 6.45) is 1.67. The molecule has 0 saturated heterocycles. The van der Waals surface area contributed by atoms with Gasteiger partial charge in [-0.3, -0.25) is 4.40 Å². The molecule has 16 heavy (non-hydrogen) atoms. The van der Waals surface area contributed by atoms with Gasteiger partial charge in [0.15, 0.2) is 0 Å². The third kappa shape index (κ3) is 1.08. The van der Waals surface area contributed by atoms with E-state index in [0.29, 0.717) is 11.3 Å². The maximum Gasteiger partial charge on any atom is 0.150 e. The standard InChI is InChI=1S/C11H9FN4/c1-6-10-11(13)15-8-4-7(12)2-3-9(8)16(10)5-14-6/h2-5H,1H3,(H2,13,15). The highest BCUT2D eigenvalue weighted by atomic mass is 19.1. The highest BCUT2D eigenvalue weighted by molar-refractivity contribution is 5.84. The second-order valence-electron chi connectivity index (χ2n) is 3.68. The Morgan fingerprint density at radius 1 is 1.38 bits per heavy atom. The SMILES string of the molecule is Cc1ncn2c1c(N)nc1cc(F)ccc12. The van der Waals surface area contributed by atoms with Gasteiger partial charge in [-0.2, -0.15) is 0 Å². The van der Waals surface area contributed by atoms with Crippen molar-refractivity contribution in [1.82, 2.24) is 14.4 Å². The molecular weight excluding hydrogens is 207 g/mol. The number of aromatic nitrogens is 3. The highest BCUT2D eigenvalue weighted by Crippen LogP contribution is 2.22. The lowest BCUT2D eigenvalue weighted by molar-refractivity contribution is 0.629. The van der Waals surface area contributed by atoms with E-state index in [1.165, 1.54) is 12.1 Å². The second kappa shape index (κ2) is 2.91. The maximum atomic E-state index is 13.1. The lowest BCUT2D eigenvalue weighted by Gasteiger charge is -2.04. The van der Waals surface area contributed by atoms with Gasteiger partial charge in [-0.25, -0.2) is 14.4 Å². The number of halogens is 1. The third-order valence-electron chi connectivity index (χ3n) is 2.63. The number of anilines is 1. The van der Waals surface area contributed by atoms with Gasteiger partial charge in [0.2, 0.25) is 0 Å². The normalized spacial score (nSPS) is 11.4. The average molecular weight is 216 g/mol. The maximum absolute atomic E-state index is 13.1. The highest BCUT2D eigenvalue weighted by Gasteiger charge is 2.09. The molecule has 0 spiro atoms. The van der Waals surface area contributed by atoms with Crippen LogP contribution >= 0.6 is 0 Å². The molecule has 0 unspecified atom stereocenters. The van der Waals surface area contributed by atoms with Gasteiger partial charge in [-0.15, -0.1) is 0 Å². The summed E-state index contributed by atoms with van der Waals surface area (Å²) in [7, 11) is 0. The molecule has 0 aliphatic carbocycles. The van der Waals surface area contributed by atoms with E-state index < -0.39 is 0 Å². The molecule has 5 heteroatoms. The Morgan fingerprint density at radius 3 is 3.00 bits per heavy atom. The van der Waals surface area contributed by atoms with Crippen molar-refractivity contribution in [1.29, 1.82) is 0 Å². The molecule has 0 saturated carbocycles. The van der Waals surface area contributed by atoms with Crippen LogP contribution in [0.4, 0.5) is 10.2 Å². The van der Waals surface area contributed by atoms with E-state index >= 15 is 0 Å². The fourth-order valence-electron chi connectivity index (χ4n) is 1.90. The number of hydrogen-bond acceptors (Lipinski definition) is 3. The van der Waals surface area contributed by atoms with E-state index in [1.54, 1.807) is 12.4 Å². The average Bonchev–Trinajstić information content (AvgIpc) is 2.61. The molecule has 0 radical (unpaired) electrons. The monoisotopic (exact) mass is 216 g/mol. The van der Waals surface area contributed by atoms with Crippen molar-refractivity contribution in [3.05, 3.63) is 36.0 Å². The summed E-state index contributed by atoms with van der Waals surface area (Å²) in [5, 5.41) is 0. The molecule has 80 valence electrons. The van der Waals surface area contributed by atoms with Crippen LogP contribution < -0.4 is 5.73 Å². The van der Waals surface area contributed by atoms with Crippen LogP contribution in [0.2, 0.25) is 0 Å². The first kappa shape index (κ1) is 9.08. The number of hydrogen-bond donors (Lipinski definition) is 1. The minimum atomic E-state index is -0.324. The molecule has 0 aliphatic heterocycles. The number of aryl methyl sites for hydroxylation is 1. The predicted octanol–water partition coefficient (Wildman–Crippen LogP) is 1.91. The Kier molecular flexibility index (Phi) is 1.65. The lowest BCUT2D eigenvalue weighted by Crippen LogP contribution is -1.98. The first-order valence-corrected chi connectivity index (χ1v) is 4.85. The van der Waals surface area contributed by atoms with Crippen molar-refractivity contribution in [3.63, 3.8) is 0 Å². The Balaban J connectivity index is 2.59. The summed E-state index contributed by atoms with van der Waals surface area (Å²) < 4.78 is 14.9. The number of nitrogens with two attached hydrogens (primary N) is 1. The largest absolute Gasteiger partial charge is 0.382 e. The second-order valence-corrected chi connectivity index (χ2v) is 3.68. The van der Waals surface area contributed by atoms with E-state index in [4.69, 9.17) is 5.73 Å². The van der Waals surface area contributed by atoms with Crippen LogP contribution in [0.3, 0.4) is 0 Å². The molecule has 2 heterocycles. The van der Waals surface area contributed by atoms with Crippen LogP contribution in [0.15, 0.2) is 24.5 Å².